The summed E-state index contributed by atoms with van der Waals surface area (Å²) in [6, 6.07) is 8.50. The summed E-state index contributed by atoms with van der Waals surface area (Å²) < 4.78 is 1.34. The van der Waals surface area contributed by atoms with E-state index in [0.29, 0.717) is 5.78 Å². The first kappa shape index (κ1) is 11.0. The fourth-order valence-corrected chi connectivity index (χ4v) is 3.70. The average molecular weight is 244 g/mol. The highest BCUT2D eigenvalue weighted by Gasteiger charge is 2.23. The van der Waals surface area contributed by atoms with Crippen LogP contribution in [0.15, 0.2) is 29.6 Å². The van der Waals surface area contributed by atoms with E-state index in [0.717, 1.165) is 25.7 Å². The van der Waals surface area contributed by atoms with E-state index in [9.17, 15) is 4.79 Å². The lowest BCUT2D eigenvalue weighted by molar-refractivity contribution is -0.124. The largest absolute Gasteiger partial charge is 0.299 e. The van der Waals surface area contributed by atoms with Gasteiger partial charge in [-0.2, -0.15) is 0 Å². The molecule has 1 saturated carbocycles. The first-order valence-electron chi connectivity index (χ1n) is 6.32. The van der Waals surface area contributed by atoms with E-state index in [1.54, 1.807) is 11.3 Å². The molecule has 1 aliphatic carbocycles. The summed E-state index contributed by atoms with van der Waals surface area (Å²) in [5.74, 6) is 0.758. The molecule has 1 nitrogen and oxygen atoms in total. The molecule has 2 aromatic rings. The highest BCUT2D eigenvalue weighted by molar-refractivity contribution is 7.17. The van der Waals surface area contributed by atoms with Crippen molar-refractivity contribution in [1.82, 2.24) is 0 Å². The Kier molecular flexibility index (Phi) is 2.98. The lowest BCUT2D eigenvalue weighted by Gasteiger charge is -2.19. The van der Waals surface area contributed by atoms with E-state index in [1.807, 2.05) is 0 Å². The molecular weight excluding hydrogens is 228 g/mol. The van der Waals surface area contributed by atoms with Crippen LogP contribution in [0.1, 0.15) is 31.2 Å². The molecule has 3 rings (SSSR count). The van der Waals surface area contributed by atoms with Crippen LogP contribution in [0.4, 0.5) is 0 Å². The predicted molar refractivity (Wildman–Crippen MR) is 72.5 cm³/mol. The normalized spacial score (nSPS) is 20.9. The van der Waals surface area contributed by atoms with Crippen LogP contribution >= 0.6 is 11.3 Å². The molecule has 0 saturated heterocycles. The zero-order valence-electron chi connectivity index (χ0n) is 9.82. The van der Waals surface area contributed by atoms with Crippen molar-refractivity contribution in [2.45, 2.75) is 32.1 Å². The highest BCUT2D eigenvalue weighted by atomic mass is 32.1. The first-order valence-corrected chi connectivity index (χ1v) is 7.20. The minimum absolute atomic E-state index is 0.279. The van der Waals surface area contributed by atoms with Crippen molar-refractivity contribution >= 4 is 27.2 Å². The van der Waals surface area contributed by atoms with Crippen molar-refractivity contribution in [1.29, 1.82) is 0 Å². The van der Waals surface area contributed by atoms with Gasteiger partial charge in [-0.3, -0.25) is 4.79 Å². The van der Waals surface area contributed by atoms with E-state index in [1.165, 1.54) is 22.1 Å². The summed E-state index contributed by atoms with van der Waals surface area (Å²) in [6.07, 6.45) is 5.15. The van der Waals surface area contributed by atoms with Crippen LogP contribution < -0.4 is 0 Å². The molecule has 0 spiro atoms. The average Bonchev–Trinajstić information content (AvgIpc) is 2.76. The van der Waals surface area contributed by atoms with Crippen LogP contribution in [0.2, 0.25) is 0 Å². The van der Waals surface area contributed by atoms with Crippen LogP contribution in [-0.4, -0.2) is 5.78 Å². The number of thiophene rings is 1. The molecule has 1 aliphatic rings. The van der Waals surface area contributed by atoms with Crippen molar-refractivity contribution in [3.63, 3.8) is 0 Å². The van der Waals surface area contributed by atoms with E-state index >= 15 is 0 Å². The molecule has 0 amide bonds. The molecule has 88 valence electrons. The van der Waals surface area contributed by atoms with Gasteiger partial charge in [0.05, 0.1) is 0 Å². The zero-order chi connectivity index (χ0) is 11.7. The Morgan fingerprint density at radius 2 is 2.12 bits per heavy atom. The van der Waals surface area contributed by atoms with Crippen LogP contribution in [0.5, 0.6) is 0 Å². The highest BCUT2D eigenvalue weighted by Crippen LogP contribution is 2.31. The number of rotatable bonds is 2. The first-order chi connectivity index (χ1) is 8.34. The summed E-state index contributed by atoms with van der Waals surface area (Å²) in [6.45, 7) is 0. The maximum Gasteiger partial charge on any atom is 0.136 e. The van der Waals surface area contributed by atoms with Gasteiger partial charge in [-0.25, -0.2) is 0 Å². The molecule has 0 aliphatic heterocycles. The van der Waals surface area contributed by atoms with Gasteiger partial charge in [0.25, 0.3) is 0 Å². The van der Waals surface area contributed by atoms with Gasteiger partial charge in [-0.05, 0) is 41.7 Å². The predicted octanol–water partition coefficient (Wildman–Crippen LogP) is 4.20. The Balaban J connectivity index is 1.87. The number of carbonyl (C=O) groups excluding carboxylic acids is 1. The summed E-state index contributed by atoms with van der Waals surface area (Å²) in [5.41, 5.74) is 1.37. The zero-order valence-corrected chi connectivity index (χ0v) is 10.6. The Labute approximate surface area is 105 Å². The van der Waals surface area contributed by atoms with Crippen LogP contribution in [-0.2, 0) is 11.2 Å². The molecule has 17 heavy (non-hydrogen) atoms. The maximum absolute atomic E-state index is 11.9. The van der Waals surface area contributed by atoms with Crippen LogP contribution in [0.3, 0.4) is 0 Å². The van der Waals surface area contributed by atoms with E-state index < -0.39 is 0 Å². The molecule has 1 atom stereocenters. The second-order valence-electron chi connectivity index (χ2n) is 4.87. The fraction of sp³-hybridized carbons (Fsp3) is 0.400. The van der Waals surface area contributed by atoms with Gasteiger partial charge in [-0.1, -0.05) is 24.6 Å². The van der Waals surface area contributed by atoms with E-state index in [2.05, 4.69) is 29.6 Å². The summed E-state index contributed by atoms with van der Waals surface area (Å²) in [4.78, 5) is 11.9. The number of Topliss-reactive ketones (excluding diaryl/α,β-unsaturated/α-hetero) is 1. The van der Waals surface area contributed by atoms with Crippen LogP contribution in [0.25, 0.3) is 10.1 Å². The topological polar surface area (TPSA) is 17.1 Å². The number of benzene rings is 1. The molecule has 0 N–H and O–H groups in total. The van der Waals surface area contributed by atoms with Crippen molar-refractivity contribution in [2.24, 2.45) is 5.92 Å². The molecule has 0 bridgehead atoms. The SMILES string of the molecule is O=C1CCCCC1Cc1csc2ccccc12. The Morgan fingerprint density at radius 1 is 1.24 bits per heavy atom. The molecule has 1 fully saturated rings. The number of fused-ring (bicyclic) bond motifs is 1. The van der Waals surface area contributed by atoms with E-state index in [-0.39, 0.29) is 5.92 Å². The van der Waals surface area contributed by atoms with Crippen molar-refractivity contribution in [3.8, 4) is 0 Å². The van der Waals surface area contributed by atoms with Gasteiger partial charge in [0.15, 0.2) is 0 Å². The third-order valence-electron chi connectivity index (χ3n) is 3.71. The van der Waals surface area contributed by atoms with Gasteiger partial charge < -0.3 is 0 Å². The monoisotopic (exact) mass is 244 g/mol. The van der Waals surface area contributed by atoms with Crippen LogP contribution in [0, 0.1) is 5.92 Å². The third kappa shape index (κ3) is 2.14. The minimum atomic E-state index is 0.279. The number of hydrogen-bond acceptors (Lipinski definition) is 2. The summed E-state index contributed by atoms with van der Waals surface area (Å²) in [7, 11) is 0. The molecular formula is C15H16OS. The van der Waals surface area contributed by atoms with Gasteiger partial charge in [0.2, 0.25) is 0 Å². The molecule has 0 radical (unpaired) electrons. The standard InChI is InChI=1S/C15H16OS/c16-14-7-3-1-5-11(14)9-12-10-17-15-8-4-2-6-13(12)15/h2,4,6,8,10-11H,1,3,5,7,9H2. The lowest BCUT2D eigenvalue weighted by atomic mass is 9.84. The Bertz CT molecular complexity index is 541. The van der Waals surface area contributed by atoms with Gasteiger partial charge >= 0.3 is 0 Å². The van der Waals surface area contributed by atoms with Crippen molar-refractivity contribution in [3.05, 3.63) is 35.2 Å². The fourth-order valence-electron chi connectivity index (χ4n) is 2.73. The number of ketones is 1. The van der Waals surface area contributed by atoms with Gasteiger partial charge in [-0.15, -0.1) is 11.3 Å². The van der Waals surface area contributed by atoms with E-state index in [4.69, 9.17) is 0 Å². The van der Waals surface area contributed by atoms with Crippen molar-refractivity contribution < 1.29 is 4.79 Å². The van der Waals surface area contributed by atoms with Crippen molar-refractivity contribution in [2.75, 3.05) is 0 Å². The Hall–Kier alpha value is -1.15. The molecule has 1 aromatic carbocycles. The number of carbonyl (C=O) groups is 1. The quantitative estimate of drug-likeness (QED) is 0.773. The number of hydrogen-bond donors (Lipinski definition) is 0. The molecule has 1 aromatic heterocycles. The van der Waals surface area contributed by atoms with Gasteiger partial charge in [0, 0.05) is 17.0 Å². The molecule has 2 heteroatoms. The molecule has 1 unspecified atom stereocenters. The second kappa shape index (κ2) is 4.61. The second-order valence-corrected chi connectivity index (χ2v) is 5.78. The lowest BCUT2D eigenvalue weighted by Crippen LogP contribution is -2.20. The minimum Gasteiger partial charge on any atom is -0.299 e. The summed E-state index contributed by atoms with van der Waals surface area (Å²) >= 11 is 1.79. The third-order valence-corrected chi connectivity index (χ3v) is 4.72. The Morgan fingerprint density at radius 3 is 3.00 bits per heavy atom. The smallest absolute Gasteiger partial charge is 0.136 e. The summed E-state index contributed by atoms with van der Waals surface area (Å²) in [5, 5.41) is 3.57. The van der Waals surface area contributed by atoms with Gasteiger partial charge in [0.1, 0.15) is 5.78 Å². The maximum atomic E-state index is 11.9. The molecule has 1 heterocycles.